The van der Waals surface area contributed by atoms with Crippen LogP contribution in [0.15, 0.2) is 12.3 Å². The van der Waals surface area contributed by atoms with Gasteiger partial charge in [0.2, 0.25) is 5.91 Å². The molecule has 130 valence electrons. The largest absolute Gasteiger partial charge is 0.463 e. The molecule has 2 rings (SSSR count). The lowest BCUT2D eigenvalue weighted by molar-refractivity contribution is -0.160. The molecule has 1 saturated heterocycles. The second-order valence-corrected chi connectivity index (χ2v) is 7.42. The van der Waals surface area contributed by atoms with Crippen molar-refractivity contribution in [3.05, 3.63) is 12.3 Å². The number of rotatable bonds is 3. The van der Waals surface area contributed by atoms with Crippen molar-refractivity contribution in [1.82, 2.24) is 10.2 Å². The molecular formula is C16H26N2O5. The quantitative estimate of drug-likeness (QED) is 0.738. The molecule has 2 aliphatic rings. The third-order valence-electron chi connectivity index (χ3n) is 4.43. The molecule has 0 bridgehead atoms. The van der Waals surface area contributed by atoms with E-state index in [1.165, 1.54) is 6.08 Å². The van der Waals surface area contributed by atoms with E-state index in [-0.39, 0.29) is 31.1 Å². The van der Waals surface area contributed by atoms with Crippen molar-refractivity contribution in [2.45, 2.75) is 52.6 Å². The minimum absolute atomic E-state index is 0.0911. The van der Waals surface area contributed by atoms with Crippen molar-refractivity contribution < 1.29 is 24.2 Å². The number of ether oxygens (including phenoxy) is 2. The van der Waals surface area contributed by atoms with Crippen LogP contribution < -0.4 is 5.32 Å². The minimum Gasteiger partial charge on any atom is -0.463 e. The molecule has 0 saturated carbocycles. The average Bonchev–Trinajstić information content (AvgIpc) is 2.68. The zero-order valence-electron chi connectivity index (χ0n) is 14.3. The van der Waals surface area contributed by atoms with Crippen molar-refractivity contribution in [1.29, 1.82) is 0 Å². The second-order valence-electron chi connectivity index (χ2n) is 7.42. The van der Waals surface area contributed by atoms with Gasteiger partial charge >= 0.3 is 5.97 Å². The predicted octanol–water partition coefficient (Wildman–Crippen LogP) is 0.591. The van der Waals surface area contributed by atoms with Crippen LogP contribution in [0.1, 0.15) is 34.6 Å². The number of carbonyl (C=O) groups excluding carboxylic acids is 2. The van der Waals surface area contributed by atoms with Crippen molar-refractivity contribution in [3.8, 4) is 0 Å². The lowest BCUT2D eigenvalue weighted by atomic mass is 9.88. The Morgan fingerprint density at radius 3 is 2.74 bits per heavy atom. The Labute approximate surface area is 136 Å². The van der Waals surface area contributed by atoms with Gasteiger partial charge in [0.25, 0.3) is 0 Å². The normalized spacial score (nSPS) is 34.4. The zero-order chi connectivity index (χ0) is 17.4. The first-order valence-electron chi connectivity index (χ1n) is 7.80. The van der Waals surface area contributed by atoms with Gasteiger partial charge in [-0.1, -0.05) is 6.92 Å². The molecular weight excluding hydrogens is 300 g/mol. The molecule has 2 N–H and O–H groups in total. The van der Waals surface area contributed by atoms with Crippen molar-refractivity contribution in [2.75, 3.05) is 13.3 Å². The number of hydrogen-bond acceptors (Lipinski definition) is 6. The maximum atomic E-state index is 11.9. The molecule has 0 aromatic rings. The first-order valence-corrected chi connectivity index (χ1v) is 7.80. The van der Waals surface area contributed by atoms with E-state index in [0.717, 1.165) is 0 Å². The van der Waals surface area contributed by atoms with Crippen LogP contribution in [0.25, 0.3) is 0 Å². The maximum Gasteiger partial charge on any atom is 0.311 e. The summed E-state index contributed by atoms with van der Waals surface area (Å²) in [6.45, 7) is 9.27. The Hall–Kier alpha value is -1.60. The number of nitrogens with zero attached hydrogens (tertiary/aromatic N) is 1. The number of amides is 1. The number of nitrogens with one attached hydrogen (secondary N) is 1. The average molecular weight is 326 g/mol. The molecule has 4 atom stereocenters. The van der Waals surface area contributed by atoms with Gasteiger partial charge in [0.05, 0.1) is 18.2 Å². The molecule has 0 aromatic heterocycles. The summed E-state index contributed by atoms with van der Waals surface area (Å²) in [4.78, 5) is 24.8. The lowest BCUT2D eigenvalue weighted by Crippen LogP contribution is -2.53. The smallest absolute Gasteiger partial charge is 0.311 e. The summed E-state index contributed by atoms with van der Waals surface area (Å²) in [5, 5.41) is 13.5. The van der Waals surface area contributed by atoms with E-state index < -0.39 is 23.3 Å². The summed E-state index contributed by atoms with van der Waals surface area (Å²) in [5.41, 5.74) is -1.71. The summed E-state index contributed by atoms with van der Waals surface area (Å²) < 4.78 is 11.2. The second kappa shape index (κ2) is 6.13. The summed E-state index contributed by atoms with van der Waals surface area (Å²) in [7, 11) is 0. The molecule has 1 amide bonds. The Bertz CT molecular complexity index is 509. The van der Waals surface area contributed by atoms with Crippen molar-refractivity contribution in [2.24, 2.45) is 11.3 Å². The Kier molecular flexibility index (Phi) is 4.73. The standard InChI is InChI=1S/C16H26N2O5/c1-10-11(8-22-14(20)15(2,3)4)23-13(16(10,5)21)18-7-6-12(19)17-9-18/h6-7,10-11,13,21H,8-9H2,1-5H3,(H,17,19)/t10-,11-,13-,16+/m1/s1. The molecule has 7 heteroatoms. The first kappa shape index (κ1) is 17.7. The summed E-state index contributed by atoms with van der Waals surface area (Å²) in [6, 6.07) is 0. The van der Waals surface area contributed by atoms with Gasteiger partial charge in [0.1, 0.15) is 12.2 Å². The van der Waals surface area contributed by atoms with Crippen molar-refractivity contribution >= 4 is 11.9 Å². The molecule has 23 heavy (non-hydrogen) atoms. The van der Waals surface area contributed by atoms with Crippen LogP contribution in [0, 0.1) is 11.3 Å². The first-order chi connectivity index (χ1) is 10.5. The molecule has 2 aliphatic heterocycles. The monoisotopic (exact) mass is 326 g/mol. The van der Waals surface area contributed by atoms with Crippen LogP contribution in [0.5, 0.6) is 0 Å². The molecule has 0 spiro atoms. The topological polar surface area (TPSA) is 88.1 Å². The van der Waals surface area contributed by atoms with Crippen LogP contribution in [-0.4, -0.2) is 53.1 Å². The van der Waals surface area contributed by atoms with Crippen LogP contribution >= 0.6 is 0 Å². The third kappa shape index (κ3) is 3.67. The highest BCUT2D eigenvalue weighted by atomic mass is 16.6. The maximum absolute atomic E-state index is 11.9. The van der Waals surface area contributed by atoms with E-state index in [2.05, 4.69) is 5.32 Å². The van der Waals surface area contributed by atoms with Crippen LogP contribution in [0.3, 0.4) is 0 Å². The summed E-state index contributed by atoms with van der Waals surface area (Å²) in [5.74, 6) is -0.713. The van der Waals surface area contributed by atoms with E-state index in [1.54, 1.807) is 38.8 Å². The van der Waals surface area contributed by atoms with E-state index in [4.69, 9.17) is 9.47 Å². The Morgan fingerprint density at radius 2 is 2.22 bits per heavy atom. The fourth-order valence-corrected chi connectivity index (χ4v) is 2.60. The molecule has 2 heterocycles. The van der Waals surface area contributed by atoms with Gasteiger partial charge in [0.15, 0.2) is 6.23 Å². The van der Waals surface area contributed by atoms with Gasteiger partial charge in [-0.05, 0) is 27.7 Å². The molecule has 0 aliphatic carbocycles. The number of carbonyl (C=O) groups is 2. The fourth-order valence-electron chi connectivity index (χ4n) is 2.60. The molecule has 0 radical (unpaired) electrons. The van der Waals surface area contributed by atoms with E-state index in [1.807, 2.05) is 6.92 Å². The fraction of sp³-hybridized carbons (Fsp3) is 0.750. The van der Waals surface area contributed by atoms with Crippen LogP contribution in [0.4, 0.5) is 0 Å². The Morgan fingerprint density at radius 1 is 1.57 bits per heavy atom. The van der Waals surface area contributed by atoms with Crippen molar-refractivity contribution in [3.63, 3.8) is 0 Å². The van der Waals surface area contributed by atoms with Crippen LogP contribution in [0.2, 0.25) is 0 Å². The number of hydrogen-bond donors (Lipinski definition) is 2. The van der Waals surface area contributed by atoms with Gasteiger partial charge < -0.3 is 24.8 Å². The van der Waals surface area contributed by atoms with Gasteiger partial charge in [0, 0.05) is 18.2 Å². The highest BCUT2D eigenvalue weighted by Gasteiger charge is 2.52. The van der Waals surface area contributed by atoms with E-state index in [9.17, 15) is 14.7 Å². The van der Waals surface area contributed by atoms with E-state index in [0.29, 0.717) is 0 Å². The van der Waals surface area contributed by atoms with E-state index >= 15 is 0 Å². The molecule has 0 aromatic carbocycles. The van der Waals surface area contributed by atoms with Gasteiger partial charge in [-0.2, -0.15) is 0 Å². The highest BCUT2D eigenvalue weighted by Crippen LogP contribution is 2.38. The molecule has 1 fully saturated rings. The molecule has 7 nitrogen and oxygen atoms in total. The number of aliphatic hydroxyl groups is 1. The number of esters is 1. The van der Waals surface area contributed by atoms with Gasteiger partial charge in [-0.25, -0.2) is 0 Å². The van der Waals surface area contributed by atoms with Gasteiger partial charge in [-0.3, -0.25) is 9.59 Å². The van der Waals surface area contributed by atoms with Gasteiger partial charge in [-0.15, -0.1) is 0 Å². The molecule has 0 unspecified atom stereocenters. The SMILES string of the molecule is C[C@@H]1[C@@H](COC(=O)C(C)(C)C)O[C@@H](N2C=CC(=O)NC2)[C@@]1(C)O. The van der Waals surface area contributed by atoms with Crippen LogP contribution in [-0.2, 0) is 19.1 Å². The Balaban J connectivity index is 2.03. The lowest BCUT2D eigenvalue weighted by Gasteiger charge is -2.36. The summed E-state index contributed by atoms with van der Waals surface area (Å²) >= 11 is 0. The predicted molar refractivity (Wildman–Crippen MR) is 82.9 cm³/mol. The minimum atomic E-state index is -1.13. The highest BCUT2D eigenvalue weighted by molar-refractivity contribution is 5.87. The third-order valence-corrected chi connectivity index (χ3v) is 4.43. The zero-order valence-corrected chi connectivity index (χ0v) is 14.3. The summed E-state index contributed by atoms with van der Waals surface area (Å²) in [6.07, 6.45) is 1.97.